The molecule has 4 aromatic carbocycles. The lowest BCUT2D eigenvalue weighted by Gasteiger charge is -2.45. The van der Waals surface area contributed by atoms with Gasteiger partial charge in [0.2, 0.25) is 5.91 Å². The number of nitrogens with two attached hydrogens (primary N) is 1. The summed E-state index contributed by atoms with van der Waals surface area (Å²) in [6.07, 6.45) is -7.23. The molecule has 7 N–H and O–H groups in total. The molecule has 23 heteroatoms. The summed E-state index contributed by atoms with van der Waals surface area (Å²) in [7, 11) is 0. The van der Waals surface area contributed by atoms with E-state index in [1.807, 2.05) is 60.6 Å². The molecule has 474 valence electrons. The third kappa shape index (κ3) is 18.7. The molecular formula is C63H81F8N5O10. The van der Waals surface area contributed by atoms with Gasteiger partial charge >= 0.3 is 24.4 Å². The molecule has 0 radical (unpaired) electrons. The number of halogens is 8. The molecule has 0 bridgehead atoms. The van der Waals surface area contributed by atoms with E-state index in [0.29, 0.717) is 42.9 Å². The number of amides is 4. The summed E-state index contributed by atoms with van der Waals surface area (Å²) in [5, 5.41) is 40.2. The van der Waals surface area contributed by atoms with Crippen LogP contribution in [0.1, 0.15) is 186 Å². The molecule has 8 rings (SSSR count). The van der Waals surface area contributed by atoms with Gasteiger partial charge in [0, 0.05) is 58.0 Å². The molecule has 15 nitrogen and oxygen atoms in total. The van der Waals surface area contributed by atoms with Crippen molar-refractivity contribution in [2.75, 3.05) is 13.1 Å². The number of aliphatic carboxylic acids is 1. The lowest BCUT2D eigenvalue weighted by molar-refractivity contribution is -0.358. The number of alkyl halides is 6. The fraction of sp³-hybridized carbons (Fsp3) is 0.540. The van der Waals surface area contributed by atoms with Crippen molar-refractivity contribution < 1.29 is 84.3 Å². The second-order valence-corrected chi connectivity index (χ2v) is 25.4. The van der Waals surface area contributed by atoms with Gasteiger partial charge in [0.25, 0.3) is 17.6 Å². The van der Waals surface area contributed by atoms with Crippen molar-refractivity contribution in [2.45, 2.75) is 193 Å². The van der Waals surface area contributed by atoms with Gasteiger partial charge in [-0.3, -0.25) is 19.3 Å². The van der Waals surface area contributed by atoms with Gasteiger partial charge in [-0.25, -0.2) is 18.4 Å². The molecule has 4 aromatic rings. The molecule has 2 saturated heterocycles. The van der Waals surface area contributed by atoms with Crippen molar-refractivity contribution >= 4 is 29.8 Å². The average Bonchev–Trinajstić information content (AvgIpc) is 1.37. The molecule has 4 fully saturated rings. The zero-order valence-electron chi connectivity index (χ0n) is 50.4. The topological polar surface area (TPSA) is 223 Å². The van der Waals surface area contributed by atoms with Gasteiger partial charge in [0.15, 0.2) is 6.10 Å². The molecular weight excluding hydrogens is 1140 g/mol. The van der Waals surface area contributed by atoms with Crippen LogP contribution >= 0.6 is 0 Å². The van der Waals surface area contributed by atoms with E-state index in [0.717, 1.165) is 73.6 Å². The van der Waals surface area contributed by atoms with E-state index in [9.17, 15) is 74.4 Å². The summed E-state index contributed by atoms with van der Waals surface area (Å²) in [6, 6.07) is 16.9. The summed E-state index contributed by atoms with van der Waals surface area (Å²) in [6.45, 7) is 20.8. The van der Waals surface area contributed by atoms with Crippen LogP contribution in [0.15, 0.2) is 84.9 Å². The second kappa shape index (κ2) is 27.6. The molecule has 0 spiro atoms. The van der Waals surface area contributed by atoms with Gasteiger partial charge in [-0.1, -0.05) is 48.5 Å². The molecule has 4 amide bonds. The summed E-state index contributed by atoms with van der Waals surface area (Å²) < 4.78 is 110. The number of rotatable bonds is 11. The number of benzene rings is 4. The predicted molar refractivity (Wildman–Crippen MR) is 305 cm³/mol. The number of carbonyl (C=O) groups excluding carboxylic acids is 4. The average molecular weight is 1220 g/mol. The van der Waals surface area contributed by atoms with Gasteiger partial charge in [-0.2, -0.15) is 26.3 Å². The van der Waals surface area contributed by atoms with E-state index in [4.69, 9.17) is 15.6 Å². The number of aliphatic hydroxyl groups excluding tert-OH is 1. The van der Waals surface area contributed by atoms with Crippen LogP contribution in [0.4, 0.5) is 39.9 Å². The monoisotopic (exact) mass is 1220 g/mol. The van der Waals surface area contributed by atoms with Crippen molar-refractivity contribution in [1.29, 1.82) is 0 Å². The molecule has 2 heterocycles. The van der Waals surface area contributed by atoms with Crippen LogP contribution in [0.5, 0.6) is 0 Å². The van der Waals surface area contributed by atoms with Crippen molar-refractivity contribution in [3.8, 4) is 0 Å². The van der Waals surface area contributed by atoms with Gasteiger partial charge in [0.1, 0.15) is 29.3 Å². The molecule has 2 aliphatic carbocycles. The van der Waals surface area contributed by atoms with Gasteiger partial charge in [-0.05, 0) is 192 Å². The highest BCUT2D eigenvalue weighted by atomic mass is 19.4. The number of carboxylic acid groups (broad SMARTS) is 1. The number of likely N-dealkylation sites (tertiary alicyclic amines) is 2. The highest BCUT2D eigenvalue weighted by Crippen LogP contribution is 2.43. The lowest BCUT2D eigenvalue weighted by Crippen LogP contribution is -2.55. The van der Waals surface area contributed by atoms with Crippen LogP contribution in [-0.2, 0) is 20.1 Å². The number of nitrogens with zero attached hydrogens (tertiary/aromatic N) is 3. The zero-order chi connectivity index (χ0) is 64.8. The maximum atomic E-state index is 14.6. The maximum absolute atomic E-state index is 14.6. The summed E-state index contributed by atoms with van der Waals surface area (Å²) in [4.78, 5) is 65.8. The molecule has 2 saturated carbocycles. The molecule has 0 aromatic heterocycles. The number of aryl methyl sites for hydroxylation is 2. The first-order valence-electron chi connectivity index (χ1n) is 28.5. The number of carboxylic acids is 1. The smallest absolute Gasteiger partial charge is 0.447 e. The Labute approximate surface area is 496 Å². The van der Waals surface area contributed by atoms with Gasteiger partial charge < -0.3 is 46.0 Å². The van der Waals surface area contributed by atoms with Crippen molar-refractivity contribution in [3.05, 3.63) is 141 Å². The largest absolute Gasteiger partial charge is 0.480 e. The number of nitrogens with one attached hydrogen (secondary N) is 1. The standard InChI is InChI=1S/C25H26F4N2O4.C17H24F3NO2.C11H14FN.C10H17NO4/c1-14-7-10-18(19(26)12-14)21(15-8-9-15)30-22(32)20-6-3-11-31(20)23(33)16-4-2-5-17(13-16)24(34,35)25(27,28)29;1-15(2,3)21(16(4,5)6)14(23)12-9-7-8-11(10-12)13(22)17(18,19)20;1-7-2-5-9(10(12)6-7)11(13)8-3-4-8;1-10(2,3)15-9(14)11-6-4-5-7(11)8(12)13/h2,4-5,7,10,12-13,15,20-21,34-35H,3,6,8-9,11H2,1H3,(H,30,32);7-10,13,22H,1-6H3;2,5-6,8,11H,3-4,13H2,1H3;7H,4-6H2,1-3H3,(H,12,13)/t20-,21-;;11-;7-/m1.11/s1. The van der Waals surface area contributed by atoms with Gasteiger partial charge in [0.05, 0.1) is 6.04 Å². The number of hydrogen-bond donors (Lipinski definition) is 6. The third-order valence-electron chi connectivity index (χ3n) is 14.7. The normalized spacial score (nSPS) is 18.4. The Kier molecular flexibility index (Phi) is 22.5. The van der Waals surface area contributed by atoms with E-state index in [2.05, 4.69) is 5.32 Å². The van der Waals surface area contributed by atoms with Crippen LogP contribution in [-0.4, -0.2) is 119 Å². The summed E-state index contributed by atoms with van der Waals surface area (Å²) in [5.41, 5.74) is 5.74. The van der Waals surface area contributed by atoms with Crippen LogP contribution in [0.2, 0.25) is 0 Å². The van der Waals surface area contributed by atoms with Gasteiger partial charge in [-0.15, -0.1) is 0 Å². The Bertz CT molecular complexity index is 3020. The van der Waals surface area contributed by atoms with E-state index < -0.39 is 94.3 Å². The Morgan fingerprint density at radius 2 is 1.15 bits per heavy atom. The zero-order valence-corrected chi connectivity index (χ0v) is 50.4. The first kappa shape index (κ1) is 70.1. The second-order valence-electron chi connectivity index (χ2n) is 25.4. The first-order valence-corrected chi connectivity index (χ1v) is 28.5. The fourth-order valence-electron chi connectivity index (χ4n) is 10.4. The fourth-order valence-corrected chi connectivity index (χ4v) is 10.4. The molecule has 1 unspecified atom stereocenters. The number of hydrogen-bond acceptors (Lipinski definition) is 10. The molecule has 4 aliphatic rings. The summed E-state index contributed by atoms with van der Waals surface area (Å²) >= 11 is 0. The minimum atomic E-state index is -5.37. The SMILES string of the molecule is CC(C)(C)N(C(=O)c1cccc(C(O)C(F)(F)F)c1)C(C)(C)C.CC(C)(C)OC(=O)N1CCC[C@@H]1C(=O)O.Cc1ccc([C@H](N)C2CC2)c(F)c1.Cc1ccc([C@H](NC(=O)[C@H]2CCCN2C(=O)c2cccc(C(O)(O)C(F)(F)F)c2)C2CC2)c(F)c1. The van der Waals surface area contributed by atoms with E-state index in [1.54, 1.807) is 50.8 Å². The Balaban J connectivity index is 0.000000227. The first-order chi connectivity index (χ1) is 39.5. The van der Waals surface area contributed by atoms with Crippen LogP contribution < -0.4 is 11.1 Å². The third-order valence-corrected chi connectivity index (χ3v) is 14.7. The Morgan fingerprint density at radius 1 is 0.651 bits per heavy atom. The van der Waals surface area contributed by atoms with Crippen molar-refractivity contribution in [3.63, 3.8) is 0 Å². The molecule has 86 heavy (non-hydrogen) atoms. The van der Waals surface area contributed by atoms with Crippen LogP contribution in [0, 0.1) is 37.3 Å². The Morgan fingerprint density at radius 3 is 1.63 bits per heavy atom. The van der Waals surface area contributed by atoms with E-state index in [-0.39, 0.29) is 46.9 Å². The van der Waals surface area contributed by atoms with E-state index in [1.165, 1.54) is 34.1 Å². The molecule has 2 aliphatic heterocycles. The highest BCUT2D eigenvalue weighted by molar-refractivity contribution is 5.98. The quantitative estimate of drug-likeness (QED) is 0.0612. The van der Waals surface area contributed by atoms with Crippen molar-refractivity contribution in [1.82, 2.24) is 20.0 Å². The van der Waals surface area contributed by atoms with E-state index >= 15 is 0 Å². The number of ether oxygens (including phenoxy) is 1. The summed E-state index contributed by atoms with van der Waals surface area (Å²) in [5.74, 6) is -6.59. The highest BCUT2D eigenvalue weighted by Gasteiger charge is 2.54. The predicted octanol–water partition coefficient (Wildman–Crippen LogP) is 12.0. The minimum absolute atomic E-state index is 0.0861. The number of aliphatic hydroxyl groups is 3. The molecule has 5 atom stereocenters. The van der Waals surface area contributed by atoms with Crippen LogP contribution in [0.3, 0.4) is 0 Å². The number of carbonyl (C=O) groups is 5. The van der Waals surface area contributed by atoms with Crippen molar-refractivity contribution in [2.24, 2.45) is 17.6 Å². The Hall–Kier alpha value is -6.69. The maximum Gasteiger partial charge on any atom is 0.447 e. The van der Waals surface area contributed by atoms with Crippen LogP contribution in [0.25, 0.3) is 0 Å². The lowest BCUT2D eigenvalue weighted by atomic mass is 9.94. The minimum Gasteiger partial charge on any atom is -0.480 e.